The predicted molar refractivity (Wildman–Crippen MR) is 135 cm³/mol. The molecule has 0 unspecified atom stereocenters. The van der Waals surface area contributed by atoms with E-state index in [0.29, 0.717) is 19.4 Å². The second kappa shape index (κ2) is 21.5. The molecule has 0 bridgehead atoms. The van der Waals surface area contributed by atoms with Crippen LogP contribution in [0.4, 0.5) is 0 Å². The standard InChI is InChI=1S/C28H51NO3/c1-2-3-4-5-6-7-8-9-10-11-12-13-14-15-16-17-18-19-20-21-22-25-32-28(31)26-23-24-27(30)29-26/h9-10,26H,2-8,11-25H2,1H3,(H,29,30)/b10-9+/t26-/m0/s1. The van der Waals surface area contributed by atoms with E-state index in [1.54, 1.807) is 0 Å². The third-order valence-electron chi connectivity index (χ3n) is 6.43. The Morgan fingerprint density at radius 3 is 1.72 bits per heavy atom. The van der Waals surface area contributed by atoms with Crippen molar-refractivity contribution in [3.05, 3.63) is 12.2 Å². The van der Waals surface area contributed by atoms with E-state index in [2.05, 4.69) is 24.4 Å². The van der Waals surface area contributed by atoms with Crippen LogP contribution in [-0.4, -0.2) is 24.5 Å². The second-order valence-corrected chi connectivity index (χ2v) is 9.53. The summed E-state index contributed by atoms with van der Waals surface area (Å²) >= 11 is 0. The van der Waals surface area contributed by atoms with Gasteiger partial charge in [0.15, 0.2) is 0 Å². The minimum atomic E-state index is -0.408. The predicted octanol–water partition coefficient (Wildman–Crippen LogP) is 7.80. The summed E-state index contributed by atoms with van der Waals surface area (Å²) in [7, 11) is 0. The van der Waals surface area contributed by atoms with Crippen LogP contribution in [-0.2, 0) is 14.3 Å². The van der Waals surface area contributed by atoms with Crippen molar-refractivity contribution < 1.29 is 14.3 Å². The molecule has 0 aromatic carbocycles. The van der Waals surface area contributed by atoms with Crippen LogP contribution in [0, 0.1) is 0 Å². The number of carbonyl (C=O) groups excluding carboxylic acids is 2. The lowest BCUT2D eigenvalue weighted by atomic mass is 10.0. The summed E-state index contributed by atoms with van der Waals surface area (Å²) < 4.78 is 5.26. The highest BCUT2D eigenvalue weighted by atomic mass is 16.5. The van der Waals surface area contributed by atoms with E-state index < -0.39 is 6.04 Å². The number of carbonyl (C=O) groups is 2. The maximum absolute atomic E-state index is 11.8. The lowest BCUT2D eigenvalue weighted by Crippen LogP contribution is -2.34. The Morgan fingerprint density at radius 2 is 1.25 bits per heavy atom. The molecule has 1 fully saturated rings. The molecule has 0 aliphatic carbocycles. The van der Waals surface area contributed by atoms with Gasteiger partial charge in [0.1, 0.15) is 6.04 Å². The van der Waals surface area contributed by atoms with Crippen molar-refractivity contribution in [3.8, 4) is 0 Å². The molecule has 1 N–H and O–H groups in total. The van der Waals surface area contributed by atoms with Crippen molar-refractivity contribution in [1.82, 2.24) is 5.32 Å². The zero-order valence-corrected chi connectivity index (χ0v) is 21.0. The van der Waals surface area contributed by atoms with Crippen molar-refractivity contribution in [2.24, 2.45) is 0 Å². The van der Waals surface area contributed by atoms with E-state index in [1.165, 1.54) is 109 Å². The van der Waals surface area contributed by atoms with Crippen LogP contribution in [0.5, 0.6) is 0 Å². The van der Waals surface area contributed by atoms with Gasteiger partial charge in [-0.3, -0.25) is 4.79 Å². The van der Waals surface area contributed by atoms with Gasteiger partial charge in [-0.2, -0.15) is 0 Å². The zero-order chi connectivity index (χ0) is 23.1. The Kier molecular flexibility index (Phi) is 19.3. The molecule has 1 amide bonds. The van der Waals surface area contributed by atoms with E-state index >= 15 is 0 Å². The van der Waals surface area contributed by atoms with Gasteiger partial charge in [-0.25, -0.2) is 4.79 Å². The molecule has 1 aliphatic rings. The minimum absolute atomic E-state index is 0.0433. The Hall–Kier alpha value is -1.32. The number of ether oxygens (including phenoxy) is 1. The largest absolute Gasteiger partial charge is 0.464 e. The van der Waals surface area contributed by atoms with Gasteiger partial charge in [-0.1, -0.05) is 109 Å². The molecule has 1 rings (SSSR count). The fourth-order valence-electron chi connectivity index (χ4n) is 4.30. The van der Waals surface area contributed by atoms with Crippen LogP contribution in [0.15, 0.2) is 12.2 Å². The summed E-state index contributed by atoms with van der Waals surface area (Å²) in [4.78, 5) is 22.9. The van der Waals surface area contributed by atoms with Gasteiger partial charge >= 0.3 is 5.97 Å². The molecule has 32 heavy (non-hydrogen) atoms. The number of nitrogens with one attached hydrogen (secondary N) is 1. The summed E-state index contributed by atoms with van der Waals surface area (Å²) in [6.45, 7) is 2.76. The lowest BCUT2D eigenvalue weighted by Gasteiger charge is -2.09. The Morgan fingerprint density at radius 1 is 0.781 bits per heavy atom. The van der Waals surface area contributed by atoms with Crippen molar-refractivity contribution in [1.29, 1.82) is 0 Å². The van der Waals surface area contributed by atoms with Crippen molar-refractivity contribution >= 4 is 11.9 Å². The summed E-state index contributed by atoms with van der Waals surface area (Å²) in [5, 5.41) is 2.65. The highest BCUT2D eigenvalue weighted by Gasteiger charge is 2.28. The molecule has 1 saturated heterocycles. The normalized spacial score (nSPS) is 16.0. The molecule has 1 atom stereocenters. The Balaban J connectivity index is 1.71. The van der Waals surface area contributed by atoms with Crippen LogP contribution in [0.2, 0.25) is 0 Å². The third-order valence-corrected chi connectivity index (χ3v) is 6.43. The van der Waals surface area contributed by atoms with Crippen LogP contribution in [0.25, 0.3) is 0 Å². The first-order chi connectivity index (χ1) is 15.7. The minimum Gasteiger partial charge on any atom is -0.464 e. The van der Waals surface area contributed by atoms with Crippen LogP contribution < -0.4 is 5.32 Å². The topological polar surface area (TPSA) is 55.4 Å². The highest BCUT2D eigenvalue weighted by Crippen LogP contribution is 2.13. The van der Waals surface area contributed by atoms with Gasteiger partial charge in [0.05, 0.1) is 6.61 Å². The molecule has 0 aromatic heterocycles. The molecular weight excluding hydrogens is 398 g/mol. The van der Waals surface area contributed by atoms with E-state index in [4.69, 9.17) is 4.74 Å². The molecule has 0 saturated carbocycles. The summed E-state index contributed by atoms with van der Waals surface area (Å²) in [6.07, 6.45) is 30.8. The molecule has 0 radical (unpaired) electrons. The maximum Gasteiger partial charge on any atom is 0.328 e. The molecule has 4 heteroatoms. The number of rotatable bonds is 22. The number of hydrogen-bond acceptors (Lipinski definition) is 3. The number of amides is 1. The quantitative estimate of drug-likeness (QED) is 0.104. The average Bonchev–Trinajstić information content (AvgIpc) is 3.23. The first-order valence-corrected chi connectivity index (χ1v) is 13.8. The summed E-state index contributed by atoms with van der Waals surface area (Å²) in [5.41, 5.74) is 0. The van der Waals surface area contributed by atoms with E-state index in [1.807, 2.05) is 0 Å². The molecule has 0 aromatic rings. The van der Waals surface area contributed by atoms with Gasteiger partial charge in [-0.15, -0.1) is 0 Å². The molecule has 0 spiro atoms. The van der Waals surface area contributed by atoms with Gasteiger partial charge in [0, 0.05) is 6.42 Å². The van der Waals surface area contributed by atoms with Crippen molar-refractivity contribution in [3.63, 3.8) is 0 Å². The SMILES string of the molecule is CCCCCCCC/C=C/CCCCCCCCCCCCCOC(=O)[C@@H]1CCC(=O)N1. The van der Waals surface area contributed by atoms with E-state index in [-0.39, 0.29) is 11.9 Å². The maximum atomic E-state index is 11.8. The second-order valence-electron chi connectivity index (χ2n) is 9.53. The van der Waals surface area contributed by atoms with Gasteiger partial charge in [0.25, 0.3) is 0 Å². The molecule has 4 nitrogen and oxygen atoms in total. The summed E-state index contributed by atoms with van der Waals surface area (Å²) in [5.74, 6) is -0.307. The fraction of sp³-hybridized carbons (Fsp3) is 0.857. The molecule has 186 valence electrons. The third kappa shape index (κ3) is 17.3. The average molecular weight is 450 g/mol. The van der Waals surface area contributed by atoms with Crippen LogP contribution in [0.1, 0.15) is 142 Å². The number of esters is 1. The smallest absolute Gasteiger partial charge is 0.328 e. The van der Waals surface area contributed by atoms with Gasteiger partial charge in [-0.05, 0) is 38.5 Å². The van der Waals surface area contributed by atoms with Gasteiger partial charge < -0.3 is 10.1 Å². The van der Waals surface area contributed by atoms with Crippen molar-refractivity contribution in [2.45, 2.75) is 148 Å². The first-order valence-electron chi connectivity index (χ1n) is 13.8. The Labute approximate surface area is 198 Å². The lowest BCUT2D eigenvalue weighted by molar-refractivity contribution is -0.146. The van der Waals surface area contributed by atoms with E-state index in [0.717, 1.165) is 12.8 Å². The number of unbranched alkanes of at least 4 members (excludes halogenated alkanes) is 17. The van der Waals surface area contributed by atoms with Crippen LogP contribution >= 0.6 is 0 Å². The van der Waals surface area contributed by atoms with Crippen molar-refractivity contribution in [2.75, 3.05) is 6.61 Å². The Bertz CT molecular complexity index is 489. The van der Waals surface area contributed by atoms with E-state index in [9.17, 15) is 9.59 Å². The van der Waals surface area contributed by atoms with Gasteiger partial charge in [0.2, 0.25) is 5.91 Å². The number of allylic oxidation sites excluding steroid dienone is 2. The monoisotopic (exact) mass is 449 g/mol. The summed E-state index contributed by atoms with van der Waals surface area (Å²) in [6, 6.07) is -0.408. The zero-order valence-electron chi connectivity index (χ0n) is 21.0. The first kappa shape index (κ1) is 28.7. The highest BCUT2D eigenvalue weighted by molar-refractivity contribution is 5.87. The molecule has 1 heterocycles. The van der Waals surface area contributed by atoms with Crippen LogP contribution in [0.3, 0.4) is 0 Å². The number of hydrogen-bond donors (Lipinski definition) is 1. The fourth-order valence-corrected chi connectivity index (χ4v) is 4.30. The molecule has 1 aliphatic heterocycles. The molecular formula is C28H51NO3.